The number of rotatable bonds is 6. The fraction of sp³-hybridized carbons (Fsp3) is 0.130. The van der Waals surface area contributed by atoms with Gasteiger partial charge in [-0.15, -0.1) is 11.3 Å². The largest absolute Gasteiger partial charge is 0.392 e. The SMILES string of the molecule is Cc1cn2c(C=CC(=O)c3ccc(CO)c(CO)c3)c(-c3ccc(Cl)cc3)nc2s1. The van der Waals surface area contributed by atoms with Gasteiger partial charge in [-0.3, -0.25) is 9.20 Å². The Morgan fingerprint density at radius 1 is 1.13 bits per heavy atom. The summed E-state index contributed by atoms with van der Waals surface area (Å²) in [5.74, 6) is -0.196. The Bertz CT molecular complexity index is 1260. The molecule has 0 amide bonds. The highest BCUT2D eigenvalue weighted by Crippen LogP contribution is 2.30. The van der Waals surface area contributed by atoms with Crippen LogP contribution in [0.5, 0.6) is 0 Å². The molecule has 0 bridgehead atoms. The molecule has 7 heteroatoms. The predicted molar refractivity (Wildman–Crippen MR) is 120 cm³/mol. The van der Waals surface area contributed by atoms with Crippen molar-refractivity contribution in [3.05, 3.63) is 87.0 Å². The molecule has 30 heavy (non-hydrogen) atoms. The van der Waals surface area contributed by atoms with Gasteiger partial charge >= 0.3 is 0 Å². The molecular formula is C23H19ClN2O3S. The molecule has 0 saturated carbocycles. The van der Waals surface area contributed by atoms with Crippen LogP contribution in [0.15, 0.2) is 54.7 Å². The van der Waals surface area contributed by atoms with Gasteiger partial charge in [0.15, 0.2) is 10.7 Å². The maximum absolute atomic E-state index is 12.8. The summed E-state index contributed by atoms with van der Waals surface area (Å²) in [6, 6.07) is 12.4. The van der Waals surface area contributed by atoms with Gasteiger partial charge in [-0.25, -0.2) is 4.98 Å². The van der Waals surface area contributed by atoms with Crippen LogP contribution in [0.1, 0.15) is 32.1 Å². The summed E-state index contributed by atoms with van der Waals surface area (Å²) in [5.41, 5.74) is 4.08. The standard InChI is InChI=1S/C23H19ClN2O3S/c1-14-11-26-20(22(25-23(26)30-14)15-4-6-19(24)7-5-15)8-9-21(29)16-2-3-17(12-27)18(10-16)13-28/h2-11,27-28H,12-13H2,1H3. The van der Waals surface area contributed by atoms with E-state index in [2.05, 4.69) is 0 Å². The molecule has 0 radical (unpaired) electrons. The van der Waals surface area contributed by atoms with Gasteiger partial charge in [0.05, 0.1) is 24.6 Å². The fourth-order valence-corrected chi connectivity index (χ4v) is 4.24. The molecule has 152 valence electrons. The van der Waals surface area contributed by atoms with Gasteiger partial charge in [0.25, 0.3) is 0 Å². The van der Waals surface area contributed by atoms with Crippen molar-refractivity contribution in [2.45, 2.75) is 20.1 Å². The number of imidazole rings is 1. The van der Waals surface area contributed by atoms with Gasteiger partial charge in [-0.05, 0) is 48.4 Å². The van der Waals surface area contributed by atoms with E-state index in [1.54, 1.807) is 35.6 Å². The number of hydrogen-bond donors (Lipinski definition) is 2. The monoisotopic (exact) mass is 438 g/mol. The van der Waals surface area contributed by atoms with E-state index in [0.29, 0.717) is 21.7 Å². The van der Waals surface area contributed by atoms with Crippen LogP contribution in [0.25, 0.3) is 22.3 Å². The molecule has 0 unspecified atom stereocenters. The molecular weight excluding hydrogens is 420 g/mol. The number of hydrogen-bond acceptors (Lipinski definition) is 5. The summed E-state index contributed by atoms with van der Waals surface area (Å²) in [6.45, 7) is 1.59. The van der Waals surface area contributed by atoms with Crippen LogP contribution < -0.4 is 0 Å². The highest BCUT2D eigenvalue weighted by molar-refractivity contribution is 7.17. The van der Waals surface area contributed by atoms with Crippen LogP contribution in [0.2, 0.25) is 5.02 Å². The van der Waals surface area contributed by atoms with E-state index < -0.39 is 0 Å². The van der Waals surface area contributed by atoms with E-state index in [4.69, 9.17) is 16.6 Å². The molecule has 0 aliphatic heterocycles. The minimum Gasteiger partial charge on any atom is -0.392 e. The maximum Gasteiger partial charge on any atom is 0.194 e. The Kier molecular flexibility index (Phi) is 5.83. The Balaban J connectivity index is 1.73. The second-order valence-corrected chi connectivity index (χ2v) is 8.49. The first-order valence-corrected chi connectivity index (χ1v) is 10.5. The van der Waals surface area contributed by atoms with Gasteiger partial charge in [0, 0.05) is 27.2 Å². The average molecular weight is 439 g/mol. The summed E-state index contributed by atoms with van der Waals surface area (Å²) < 4.78 is 1.97. The smallest absolute Gasteiger partial charge is 0.194 e. The maximum atomic E-state index is 12.8. The minimum atomic E-state index is -0.237. The molecule has 0 aliphatic rings. The lowest BCUT2D eigenvalue weighted by atomic mass is 10.0. The van der Waals surface area contributed by atoms with Gasteiger partial charge in [0.2, 0.25) is 0 Å². The van der Waals surface area contributed by atoms with Crippen molar-refractivity contribution < 1.29 is 15.0 Å². The lowest BCUT2D eigenvalue weighted by molar-refractivity contribution is 0.104. The van der Waals surface area contributed by atoms with Crippen molar-refractivity contribution >= 4 is 39.8 Å². The zero-order valence-electron chi connectivity index (χ0n) is 16.2. The minimum absolute atomic E-state index is 0.185. The second kappa shape index (κ2) is 8.53. The molecule has 2 heterocycles. The van der Waals surface area contributed by atoms with Crippen molar-refractivity contribution in [2.24, 2.45) is 0 Å². The molecule has 2 N–H and O–H groups in total. The summed E-state index contributed by atoms with van der Waals surface area (Å²) in [4.78, 5) is 19.5. The Labute approximate surface area is 182 Å². The lowest BCUT2D eigenvalue weighted by Crippen LogP contribution is -2.00. The van der Waals surface area contributed by atoms with Gasteiger partial charge < -0.3 is 10.2 Å². The predicted octanol–water partition coefficient (Wildman–Crippen LogP) is 4.91. The number of halogens is 1. The normalized spacial score (nSPS) is 11.6. The molecule has 4 rings (SSSR count). The van der Waals surface area contributed by atoms with Crippen molar-refractivity contribution in [1.29, 1.82) is 0 Å². The number of thiazole rings is 1. The molecule has 4 aromatic rings. The summed E-state index contributed by atoms with van der Waals surface area (Å²) in [6.07, 6.45) is 5.26. The van der Waals surface area contributed by atoms with Crippen LogP contribution in [-0.4, -0.2) is 25.4 Å². The van der Waals surface area contributed by atoms with E-state index in [1.807, 2.05) is 41.8 Å². The Morgan fingerprint density at radius 2 is 1.87 bits per heavy atom. The summed E-state index contributed by atoms with van der Waals surface area (Å²) >= 11 is 7.60. The molecule has 5 nitrogen and oxygen atoms in total. The number of benzene rings is 2. The number of nitrogens with zero attached hydrogens (tertiary/aromatic N) is 2. The van der Waals surface area contributed by atoms with Crippen LogP contribution in [0.4, 0.5) is 0 Å². The molecule has 0 aliphatic carbocycles. The zero-order chi connectivity index (χ0) is 21.3. The number of ketones is 1. The number of fused-ring (bicyclic) bond motifs is 1. The summed E-state index contributed by atoms with van der Waals surface area (Å²) in [5, 5.41) is 19.5. The molecule has 0 saturated heterocycles. The first kappa shape index (κ1) is 20.5. The number of aryl methyl sites for hydroxylation is 1. The van der Waals surface area contributed by atoms with E-state index in [9.17, 15) is 15.0 Å². The zero-order valence-corrected chi connectivity index (χ0v) is 17.7. The van der Waals surface area contributed by atoms with E-state index >= 15 is 0 Å². The van der Waals surface area contributed by atoms with Crippen molar-refractivity contribution in [3.8, 4) is 11.3 Å². The molecule has 0 spiro atoms. The third-order valence-electron chi connectivity index (χ3n) is 4.82. The first-order valence-electron chi connectivity index (χ1n) is 9.30. The number of aliphatic hydroxyl groups is 2. The van der Waals surface area contributed by atoms with Crippen molar-refractivity contribution in [2.75, 3.05) is 0 Å². The number of carbonyl (C=O) groups is 1. The number of aromatic nitrogens is 2. The Hall–Kier alpha value is -2.77. The number of allylic oxidation sites excluding steroid dienone is 1. The highest BCUT2D eigenvalue weighted by Gasteiger charge is 2.15. The third-order valence-corrected chi connectivity index (χ3v) is 5.97. The first-order chi connectivity index (χ1) is 14.5. The third kappa shape index (κ3) is 3.95. The van der Waals surface area contributed by atoms with E-state index in [0.717, 1.165) is 26.8 Å². The molecule has 0 atom stereocenters. The number of aliphatic hydroxyl groups excluding tert-OH is 2. The molecule has 2 aromatic heterocycles. The van der Waals surface area contributed by atoms with Gasteiger partial charge in [0.1, 0.15) is 0 Å². The van der Waals surface area contributed by atoms with Crippen molar-refractivity contribution in [1.82, 2.24) is 9.38 Å². The van der Waals surface area contributed by atoms with Crippen LogP contribution >= 0.6 is 22.9 Å². The lowest BCUT2D eigenvalue weighted by Gasteiger charge is -2.06. The average Bonchev–Trinajstić information content (AvgIpc) is 3.28. The van der Waals surface area contributed by atoms with Gasteiger partial charge in [-0.1, -0.05) is 35.9 Å². The quantitative estimate of drug-likeness (QED) is 0.331. The van der Waals surface area contributed by atoms with Gasteiger partial charge in [-0.2, -0.15) is 0 Å². The molecule has 0 fully saturated rings. The fourth-order valence-electron chi connectivity index (χ4n) is 3.28. The summed E-state index contributed by atoms with van der Waals surface area (Å²) in [7, 11) is 0. The number of carbonyl (C=O) groups excluding carboxylic acids is 1. The highest BCUT2D eigenvalue weighted by atomic mass is 35.5. The van der Waals surface area contributed by atoms with Crippen LogP contribution in [0, 0.1) is 6.92 Å². The topological polar surface area (TPSA) is 74.8 Å². The molecule has 2 aromatic carbocycles. The van der Waals surface area contributed by atoms with Crippen LogP contribution in [-0.2, 0) is 13.2 Å². The van der Waals surface area contributed by atoms with E-state index in [1.165, 1.54) is 6.08 Å². The Morgan fingerprint density at radius 3 is 2.57 bits per heavy atom. The second-order valence-electron chi connectivity index (χ2n) is 6.84. The van der Waals surface area contributed by atoms with Crippen LogP contribution in [0.3, 0.4) is 0 Å². The van der Waals surface area contributed by atoms with E-state index in [-0.39, 0.29) is 19.0 Å². The van der Waals surface area contributed by atoms with Crippen molar-refractivity contribution in [3.63, 3.8) is 0 Å².